The summed E-state index contributed by atoms with van der Waals surface area (Å²) in [5.41, 5.74) is 0.827. The molecule has 0 amide bonds. The zero-order valence-corrected chi connectivity index (χ0v) is 12.3. The Balaban J connectivity index is 2.63. The zero-order chi connectivity index (χ0) is 14.3. The highest BCUT2D eigenvalue weighted by Crippen LogP contribution is 2.30. The number of benzene rings is 1. The van der Waals surface area contributed by atoms with Gasteiger partial charge in [0.05, 0.1) is 13.2 Å². The number of nitrogens with zero attached hydrogens (tertiary/aromatic N) is 1. The van der Waals surface area contributed by atoms with E-state index in [1.807, 2.05) is 18.2 Å². The second-order valence-corrected chi connectivity index (χ2v) is 4.46. The van der Waals surface area contributed by atoms with Crippen LogP contribution in [0.25, 0.3) is 0 Å². The molecule has 1 aromatic carbocycles. The van der Waals surface area contributed by atoms with Gasteiger partial charge in [-0.05, 0) is 37.7 Å². The molecule has 0 bridgehead atoms. The minimum absolute atomic E-state index is 0.501. The molecule has 108 valence electrons. The summed E-state index contributed by atoms with van der Waals surface area (Å²) >= 11 is 0. The topological polar surface area (TPSA) is 41.9 Å². The molecule has 0 aromatic heterocycles. The van der Waals surface area contributed by atoms with E-state index in [1.54, 1.807) is 14.0 Å². The number of hydrogen-bond donors (Lipinski definition) is 1. The summed E-state index contributed by atoms with van der Waals surface area (Å²) in [5, 5.41) is 9.54. The Kier molecular flexibility index (Phi) is 6.67. The molecule has 0 heterocycles. The van der Waals surface area contributed by atoms with Gasteiger partial charge in [-0.1, -0.05) is 19.9 Å². The summed E-state index contributed by atoms with van der Waals surface area (Å²) in [5.74, 6) is 1.39. The van der Waals surface area contributed by atoms with Gasteiger partial charge in [-0.25, -0.2) is 0 Å². The molecule has 0 saturated carbocycles. The van der Waals surface area contributed by atoms with Crippen molar-refractivity contribution in [1.82, 2.24) is 4.90 Å². The molecular formula is C15H25NO3. The van der Waals surface area contributed by atoms with E-state index in [-0.39, 0.29) is 0 Å². The van der Waals surface area contributed by atoms with Crippen LogP contribution in [0.5, 0.6) is 11.5 Å². The first-order chi connectivity index (χ1) is 9.12. The van der Waals surface area contributed by atoms with E-state index in [0.717, 1.165) is 30.9 Å². The lowest BCUT2D eigenvalue weighted by molar-refractivity contribution is 0.197. The van der Waals surface area contributed by atoms with Crippen molar-refractivity contribution in [2.75, 3.05) is 33.4 Å². The van der Waals surface area contributed by atoms with Crippen molar-refractivity contribution < 1.29 is 14.6 Å². The van der Waals surface area contributed by atoms with Crippen LogP contribution in [0, 0.1) is 0 Å². The van der Waals surface area contributed by atoms with Gasteiger partial charge in [-0.2, -0.15) is 0 Å². The maximum absolute atomic E-state index is 9.54. The number of hydrogen-bond acceptors (Lipinski definition) is 4. The van der Waals surface area contributed by atoms with Gasteiger partial charge in [0.25, 0.3) is 0 Å². The first kappa shape index (κ1) is 15.8. The van der Waals surface area contributed by atoms with Gasteiger partial charge in [0.2, 0.25) is 0 Å². The highest BCUT2D eigenvalue weighted by molar-refractivity contribution is 5.43. The predicted octanol–water partition coefficient (Wildman–Crippen LogP) is 2.47. The molecule has 0 saturated heterocycles. The molecule has 4 heteroatoms. The van der Waals surface area contributed by atoms with Crippen molar-refractivity contribution in [2.45, 2.75) is 26.9 Å². The van der Waals surface area contributed by atoms with Crippen molar-refractivity contribution in [3.05, 3.63) is 23.8 Å². The summed E-state index contributed by atoms with van der Waals surface area (Å²) in [6.45, 7) is 9.59. The maximum Gasteiger partial charge on any atom is 0.161 e. The fourth-order valence-corrected chi connectivity index (χ4v) is 1.89. The van der Waals surface area contributed by atoms with Crippen LogP contribution in [0.2, 0.25) is 0 Å². The van der Waals surface area contributed by atoms with Crippen molar-refractivity contribution >= 4 is 0 Å². The predicted molar refractivity (Wildman–Crippen MR) is 76.9 cm³/mol. The summed E-state index contributed by atoms with van der Waals surface area (Å²) < 4.78 is 11.0. The third-order valence-corrected chi connectivity index (χ3v) is 3.23. The van der Waals surface area contributed by atoms with E-state index in [9.17, 15) is 5.11 Å². The lowest BCUT2D eigenvalue weighted by Gasteiger charge is -2.19. The number of ether oxygens (including phenoxy) is 2. The van der Waals surface area contributed by atoms with E-state index in [1.165, 1.54) is 0 Å². The van der Waals surface area contributed by atoms with Crippen molar-refractivity contribution in [3.8, 4) is 11.5 Å². The first-order valence-corrected chi connectivity index (χ1v) is 6.83. The van der Waals surface area contributed by atoms with E-state index >= 15 is 0 Å². The number of methoxy groups -OCH3 is 1. The summed E-state index contributed by atoms with van der Waals surface area (Å²) in [7, 11) is 1.61. The molecule has 19 heavy (non-hydrogen) atoms. The largest absolute Gasteiger partial charge is 0.493 e. The number of aliphatic hydroxyl groups excluding tert-OH is 1. The molecule has 1 N–H and O–H groups in total. The van der Waals surface area contributed by atoms with E-state index < -0.39 is 6.10 Å². The molecule has 0 aliphatic rings. The number of aliphatic hydroxyl groups is 1. The average Bonchev–Trinajstić information content (AvgIpc) is 2.43. The minimum Gasteiger partial charge on any atom is -0.493 e. The van der Waals surface area contributed by atoms with Gasteiger partial charge >= 0.3 is 0 Å². The van der Waals surface area contributed by atoms with Crippen LogP contribution < -0.4 is 9.47 Å². The molecule has 0 spiro atoms. The molecule has 1 rings (SSSR count). The third-order valence-electron chi connectivity index (χ3n) is 3.23. The third kappa shape index (κ3) is 4.73. The Morgan fingerprint density at radius 3 is 2.42 bits per heavy atom. The van der Waals surface area contributed by atoms with Crippen LogP contribution >= 0.6 is 0 Å². The van der Waals surface area contributed by atoms with E-state index in [2.05, 4.69) is 18.7 Å². The van der Waals surface area contributed by atoms with Crippen LogP contribution in [-0.4, -0.2) is 43.4 Å². The zero-order valence-electron chi connectivity index (χ0n) is 12.3. The van der Waals surface area contributed by atoms with E-state index in [0.29, 0.717) is 12.4 Å². The van der Waals surface area contributed by atoms with Crippen molar-refractivity contribution in [3.63, 3.8) is 0 Å². The quantitative estimate of drug-likeness (QED) is 0.785. The summed E-state index contributed by atoms with van der Waals surface area (Å²) in [4.78, 5) is 2.30. The van der Waals surface area contributed by atoms with Crippen LogP contribution in [0.3, 0.4) is 0 Å². The lowest BCUT2D eigenvalue weighted by Crippen LogP contribution is -2.27. The highest BCUT2D eigenvalue weighted by atomic mass is 16.5. The van der Waals surface area contributed by atoms with Gasteiger partial charge in [-0.15, -0.1) is 0 Å². The maximum atomic E-state index is 9.54. The molecule has 0 radical (unpaired) electrons. The second kappa shape index (κ2) is 8.02. The van der Waals surface area contributed by atoms with Gasteiger partial charge in [-0.3, -0.25) is 0 Å². The average molecular weight is 267 g/mol. The number of likely N-dealkylation sites (N-methyl/N-ethyl adjacent to an activating group) is 1. The molecular weight excluding hydrogens is 242 g/mol. The normalized spacial score (nSPS) is 12.5. The van der Waals surface area contributed by atoms with Gasteiger partial charge in [0.15, 0.2) is 11.5 Å². The van der Waals surface area contributed by atoms with Crippen LogP contribution in [0.4, 0.5) is 0 Å². The van der Waals surface area contributed by atoms with Gasteiger partial charge in [0, 0.05) is 6.54 Å². The molecule has 0 fully saturated rings. The fraction of sp³-hybridized carbons (Fsp3) is 0.600. The Morgan fingerprint density at radius 2 is 1.89 bits per heavy atom. The molecule has 1 unspecified atom stereocenters. The lowest BCUT2D eigenvalue weighted by atomic mass is 10.1. The molecule has 1 atom stereocenters. The van der Waals surface area contributed by atoms with Crippen molar-refractivity contribution in [1.29, 1.82) is 0 Å². The summed E-state index contributed by atoms with van der Waals surface area (Å²) in [6, 6.07) is 5.53. The molecule has 0 aliphatic carbocycles. The van der Waals surface area contributed by atoms with Gasteiger partial charge < -0.3 is 19.5 Å². The standard InChI is InChI=1S/C15H25NO3/c1-5-16(6-2)9-10-19-14-8-7-13(12(3)17)11-15(14)18-4/h7-8,11-12,17H,5-6,9-10H2,1-4H3. The van der Waals surface area contributed by atoms with Gasteiger partial charge in [0.1, 0.15) is 6.61 Å². The fourth-order valence-electron chi connectivity index (χ4n) is 1.89. The van der Waals surface area contributed by atoms with Crippen molar-refractivity contribution in [2.24, 2.45) is 0 Å². The summed E-state index contributed by atoms with van der Waals surface area (Å²) in [6.07, 6.45) is -0.501. The molecule has 1 aromatic rings. The molecule has 0 aliphatic heterocycles. The Hall–Kier alpha value is -1.26. The second-order valence-electron chi connectivity index (χ2n) is 4.46. The SMILES string of the molecule is CCN(CC)CCOc1ccc(C(C)O)cc1OC. The Labute approximate surface area is 115 Å². The Morgan fingerprint density at radius 1 is 1.21 bits per heavy atom. The monoisotopic (exact) mass is 267 g/mol. The highest BCUT2D eigenvalue weighted by Gasteiger charge is 2.09. The molecule has 4 nitrogen and oxygen atoms in total. The van der Waals surface area contributed by atoms with Crippen LogP contribution in [0.1, 0.15) is 32.4 Å². The van der Waals surface area contributed by atoms with Crippen LogP contribution in [-0.2, 0) is 0 Å². The first-order valence-electron chi connectivity index (χ1n) is 6.83. The van der Waals surface area contributed by atoms with Crippen LogP contribution in [0.15, 0.2) is 18.2 Å². The smallest absolute Gasteiger partial charge is 0.161 e. The Bertz CT molecular complexity index is 376. The minimum atomic E-state index is -0.501. The van der Waals surface area contributed by atoms with E-state index in [4.69, 9.17) is 9.47 Å². The number of rotatable bonds is 8.